The van der Waals surface area contributed by atoms with Gasteiger partial charge in [0.15, 0.2) is 5.76 Å². The first kappa shape index (κ1) is 20.0. The summed E-state index contributed by atoms with van der Waals surface area (Å²) in [5.41, 5.74) is 1.88. The second-order valence-corrected chi connectivity index (χ2v) is 6.70. The molecule has 0 unspecified atom stereocenters. The number of amides is 2. The van der Waals surface area contributed by atoms with Crippen molar-refractivity contribution in [3.05, 3.63) is 45.8 Å². The van der Waals surface area contributed by atoms with Gasteiger partial charge in [0, 0.05) is 24.7 Å². The van der Waals surface area contributed by atoms with Gasteiger partial charge >= 0.3 is 0 Å². The van der Waals surface area contributed by atoms with Gasteiger partial charge < -0.3 is 14.7 Å². The van der Waals surface area contributed by atoms with Crippen molar-refractivity contribution >= 4 is 29.1 Å². The summed E-state index contributed by atoms with van der Waals surface area (Å²) in [4.78, 5) is 26.8. The van der Waals surface area contributed by atoms with Gasteiger partial charge in [0.1, 0.15) is 5.56 Å². The van der Waals surface area contributed by atoms with Crippen molar-refractivity contribution in [1.29, 1.82) is 0 Å². The molecule has 7 heteroatoms. The summed E-state index contributed by atoms with van der Waals surface area (Å²) in [5, 5.41) is 6.97. The maximum atomic E-state index is 12.6. The van der Waals surface area contributed by atoms with Crippen LogP contribution in [0.25, 0.3) is 0 Å². The predicted molar refractivity (Wildman–Crippen MR) is 102 cm³/mol. The highest BCUT2D eigenvalue weighted by atomic mass is 35.5. The topological polar surface area (TPSA) is 75.4 Å². The molecule has 1 N–H and O–H groups in total. The molecular weight excluding hydrogens is 354 g/mol. The third-order valence-corrected chi connectivity index (χ3v) is 4.46. The lowest BCUT2D eigenvalue weighted by atomic mass is 10.0. The standard InChI is InChI=1S/C19H24ClN3O3/c1-6-23(7-2)19(25)14-9-8-13(10-15(14)20)21-18(24)16-12(5)22-26-17(16)11(3)4/h8-11H,6-7H2,1-5H3,(H,21,24). The van der Waals surface area contributed by atoms with Gasteiger partial charge in [-0.1, -0.05) is 30.6 Å². The Hall–Kier alpha value is -2.34. The van der Waals surface area contributed by atoms with Gasteiger partial charge in [0.2, 0.25) is 0 Å². The number of carbonyl (C=O) groups excluding carboxylic acids is 2. The van der Waals surface area contributed by atoms with E-state index < -0.39 is 0 Å². The van der Waals surface area contributed by atoms with Crippen molar-refractivity contribution in [2.45, 2.75) is 40.5 Å². The molecule has 0 spiro atoms. The van der Waals surface area contributed by atoms with E-state index in [1.54, 1.807) is 30.0 Å². The molecule has 0 atom stereocenters. The molecule has 0 aliphatic carbocycles. The largest absolute Gasteiger partial charge is 0.360 e. The molecule has 0 radical (unpaired) electrons. The van der Waals surface area contributed by atoms with Crippen molar-refractivity contribution in [2.24, 2.45) is 0 Å². The van der Waals surface area contributed by atoms with E-state index in [9.17, 15) is 9.59 Å². The van der Waals surface area contributed by atoms with Gasteiger partial charge in [0.25, 0.3) is 11.8 Å². The van der Waals surface area contributed by atoms with Gasteiger partial charge in [0.05, 0.1) is 16.3 Å². The first-order chi connectivity index (χ1) is 12.3. The van der Waals surface area contributed by atoms with Crippen LogP contribution in [0.5, 0.6) is 0 Å². The average Bonchev–Trinajstić information content (AvgIpc) is 2.98. The van der Waals surface area contributed by atoms with E-state index in [1.807, 2.05) is 27.7 Å². The van der Waals surface area contributed by atoms with E-state index in [2.05, 4.69) is 10.5 Å². The second kappa shape index (κ2) is 8.36. The number of hydrogen-bond acceptors (Lipinski definition) is 4. The molecular formula is C19H24ClN3O3. The average molecular weight is 378 g/mol. The highest BCUT2D eigenvalue weighted by Gasteiger charge is 2.23. The maximum Gasteiger partial charge on any atom is 0.261 e. The quantitative estimate of drug-likeness (QED) is 0.804. The number of anilines is 1. The Bertz CT molecular complexity index is 810. The number of hydrogen-bond donors (Lipinski definition) is 1. The fraction of sp³-hybridized carbons (Fsp3) is 0.421. The molecule has 2 aromatic rings. The van der Waals surface area contributed by atoms with Gasteiger partial charge in [-0.15, -0.1) is 0 Å². The SMILES string of the molecule is CCN(CC)C(=O)c1ccc(NC(=O)c2c(C)noc2C(C)C)cc1Cl. The lowest BCUT2D eigenvalue weighted by Gasteiger charge is -2.19. The van der Waals surface area contributed by atoms with Crippen LogP contribution in [0.1, 0.15) is 65.8 Å². The minimum absolute atomic E-state index is 0.0367. The van der Waals surface area contributed by atoms with E-state index in [0.29, 0.717) is 46.4 Å². The zero-order valence-corrected chi connectivity index (χ0v) is 16.5. The van der Waals surface area contributed by atoms with Crippen molar-refractivity contribution in [3.63, 3.8) is 0 Å². The van der Waals surface area contributed by atoms with Gasteiger partial charge in [-0.05, 0) is 39.0 Å². The molecule has 0 aliphatic rings. The van der Waals surface area contributed by atoms with Crippen LogP contribution in [-0.2, 0) is 0 Å². The normalized spacial score (nSPS) is 10.9. The first-order valence-corrected chi connectivity index (χ1v) is 9.04. The lowest BCUT2D eigenvalue weighted by molar-refractivity contribution is 0.0773. The van der Waals surface area contributed by atoms with Crippen molar-refractivity contribution in [3.8, 4) is 0 Å². The number of benzene rings is 1. The Morgan fingerprint density at radius 2 is 1.92 bits per heavy atom. The molecule has 0 bridgehead atoms. The van der Waals surface area contributed by atoms with Gasteiger partial charge in [-0.2, -0.15) is 0 Å². The number of aryl methyl sites for hydroxylation is 1. The third-order valence-electron chi connectivity index (χ3n) is 4.15. The number of rotatable bonds is 6. The minimum atomic E-state index is -0.314. The molecule has 2 rings (SSSR count). The Labute approximate surface area is 158 Å². The molecule has 0 fully saturated rings. The van der Waals surface area contributed by atoms with Crippen LogP contribution in [-0.4, -0.2) is 35.0 Å². The van der Waals surface area contributed by atoms with Gasteiger partial charge in [-0.3, -0.25) is 9.59 Å². The number of carbonyl (C=O) groups is 2. The number of nitrogens with zero attached hydrogens (tertiary/aromatic N) is 2. The Morgan fingerprint density at radius 1 is 1.27 bits per heavy atom. The highest BCUT2D eigenvalue weighted by molar-refractivity contribution is 6.34. The summed E-state index contributed by atoms with van der Waals surface area (Å²) >= 11 is 6.27. The van der Waals surface area contributed by atoms with E-state index in [0.717, 1.165) is 0 Å². The van der Waals surface area contributed by atoms with E-state index in [1.165, 1.54) is 0 Å². The molecule has 2 amide bonds. The molecule has 0 saturated carbocycles. The van der Waals surface area contributed by atoms with E-state index in [4.69, 9.17) is 16.1 Å². The van der Waals surface area contributed by atoms with E-state index >= 15 is 0 Å². The molecule has 1 aromatic heterocycles. The zero-order valence-electron chi connectivity index (χ0n) is 15.7. The molecule has 0 saturated heterocycles. The van der Waals surface area contributed by atoms with Crippen molar-refractivity contribution < 1.29 is 14.1 Å². The Morgan fingerprint density at radius 3 is 2.46 bits per heavy atom. The Balaban J connectivity index is 2.24. The first-order valence-electron chi connectivity index (χ1n) is 8.66. The number of nitrogens with one attached hydrogen (secondary N) is 1. The highest BCUT2D eigenvalue weighted by Crippen LogP contribution is 2.26. The maximum absolute atomic E-state index is 12.6. The Kier molecular flexibility index (Phi) is 6.42. The zero-order chi connectivity index (χ0) is 19.4. The molecule has 1 aromatic carbocycles. The van der Waals surface area contributed by atoms with Crippen LogP contribution in [0, 0.1) is 6.92 Å². The van der Waals surface area contributed by atoms with Crippen LogP contribution in [0.2, 0.25) is 5.02 Å². The van der Waals surface area contributed by atoms with Crippen LogP contribution in [0.15, 0.2) is 22.7 Å². The van der Waals surface area contributed by atoms with Crippen LogP contribution >= 0.6 is 11.6 Å². The molecule has 1 heterocycles. The second-order valence-electron chi connectivity index (χ2n) is 6.29. The summed E-state index contributed by atoms with van der Waals surface area (Å²) in [6.45, 7) is 10.6. The third kappa shape index (κ3) is 4.07. The monoisotopic (exact) mass is 377 g/mol. The summed E-state index contributed by atoms with van der Waals surface area (Å²) in [7, 11) is 0. The molecule has 0 aliphatic heterocycles. The van der Waals surface area contributed by atoms with Crippen molar-refractivity contribution in [2.75, 3.05) is 18.4 Å². The minimum Gasteiger partial charge on any atom is -0.360 e. The fourth-order valence-electron chi connectivity index (χ4n) is 2.70. The summed E-state index contributed by atoms with van der Waals surface area (Å²) < 4.78 is 5.25. The van der Waals surface area contributed by atoms with Crippen LogP contribution in [0.3, 0.4) is 0 Å². The van der Waals surface area contributed by atoms with E-state index in [-0.39, 0.29) is 17.7 Å². The fourth-order valence-corrected chi connectivity index (χ4v) is 2.96. The van der Waals surface area contributed by atoms with Crippen molar-refractivity contribution in [1.82, 2.24) is 10.1 Å². The summed E-state index contributed by atoms with van der Waals surface area (Å²) in [5.74, 6) is 0.134. The van der Waals surface area contributed by atoms with Gasteiger partial charge in [-0.25, -0.2) is 0 Å². The van der Waals surface area contributed by atoms with Crippen LogP contribution < -0.4 is 5.32 Å². The molecule has 140 valence electrons. The van der Waals surface area contributed by atoms with Crippen LogP contribution in [0.4, 0.5) is 5.69 Å². The summed E-state index contributed by atoms with van der Waals surface area (Å²) in [6.07, 6.45) is 0. The lowest BCUT2D eigenvalue weighted by Crippen LogP contribution is -2.30. The molecule has 26 heavy (non-hydrogen) atoms. The molecule has 6 nitrogen and oxygen atoms in total. The smallest absolute Gasteiger partial charge is 0.261 e. The predicted octanol–water partition coefficient (Wildman–Crippen LogP) is 4.49. The summed E-state index contributed by atoms with van der Waals surface area (Å²) in [6, 6.07) is 4.87. The number of aromatic nitrogens is 1. The number of halogens is 1.